The first-order chi connectivity index (χ1) is 9.21. The monoisotopic (exact) mass is 301 g/mol. The van der Waals surface area contributed by atoms with Gasteiger partial charge in [0.2, 0.25) is 0 Å². The highest BCUT2D eigenvalue weighted by atomic mass is 32.2. The van der Waals surface area contributed by atoms with Gasteiger partial charge in [-0.25, -0.2) is 12.8 Å². The number of halogens is 1. The highest BCUT2D eigenvalue weighted by molar-refractivity contribution is 7.91. The summed E-state index contributed by atoms with van der Waals surface area (Å²) in [5.41, 5.74) is 1.66. The minimum atomic E-state index is -2.98. The molecule has 1 aromatic rings. The molecule has 2 atom stereocenters. The van der Waals surface area contributed by atoms with Crippen LogP contribution in [0.2, 0.25) is 0 Å². The topological polar surface area (TPSA) is 57.6 Å². The first-order valence-electron chi connectivity index (χ1n) is 6.62. The van der Waals surface area contributed by atoms with Crippen molar-refractivity contribution in [2.24, 2.45) is 0 Å². The van der Waals surface area contributed by atoms with Crippen LogP contribution in [0.1, 0.15) is 30.6 Å². The Labute approximate surface area is 119 Å². The molecule has 1 aliphatic rings. The summed E-state index contributed by atoms with van der Waals surface area (Å²) in [4.78, 5) is 1.85. The van der Waals surface area contributed by atoms with Crippen LogP contribution in [0, 0.1) is 12.7 Å². The standard InChI is InChI=1S/C14H20FNO3S/c1-9-6-14(12(10(2)17)7-13(9)15)16(3)11-4-5-20(18,19)8-11/h6-7,10-11,17H,4-5,8H2,1-3H3. The van der Waals surface area contributed by atoms with Gasteiger partial charge in [-0.1, -0.05) is 0 Å². The summed E-state index contributed by atoms with van der Waals surface area (Å²) in [5.74, 6) is -0.0668. The molecule has 112 valence electrons. The van der Waals surface area contributed by atoms with Gasteiger partial charge in [-0.2, -0.15) is 0 Å². The Morgan fingerprint density at radius 1 is 1.45 bits per heavy atom. The Balaban J connectivity index is 2.39. The van der Waals surface area contributed by atoms with Crippen LogP contribution in [0.25, 0.3) is 0 Å². The number of rotatable bonds is 3. The van der Waals surface area contributed by atoms with Crippen molar-refractivity contribution in [2.45, 2.75) is 32.4 Å². The van der Waals surface area contributed by atoms with Crippen LogP contribution in [0.5, 0.6) is 0 Å². The van der Waals surface area contributed by atoms with Crippen molar-refractivity contribution < 1.29 is 17.9 Å². The molecule has 0 bridgehead atoms. The Morgan fingerprint density at radius 3 is 2.60 bits per heavy atom. The molecule has 0 spiro atoms. The Morgan fingerprint density at radius 2 is 2.10 bits per heavy atom. The van der Waals surface area contributed by atoms with E-state index in [4.69, 9.17) is 0 Å². The molecule has 0 aromatic heterocycles. The summed E-state index contributed by atoms with van der Waals surface area (Å²) in [6.45, 7) is 3.23. The molecule has 1 aromatic carbocycles. The van der Waals surface area contributed by atoms with E-state index in [0.29, 0.717) is 23.2 Å². The zero-order chi connectivity index (χ0) is 15.1. The fourth-order valence-corrected chi connectivity index (χ4v) is 4.37. The van der Waals surface area contributed by atoms with E-state index in [1.807, 2.05) is 4.90 Å². The first kappa shape index (κ1) is 15.3. The van der Waals surface area contributed by atoms with E-state index >= 15 is 0 Å². The van der Waals surface area contributed by atoms with E-state index in [1.165, 1.54) is 6.07 Å². The molecule has 1 fully saturated rings. The normalized spacial score (nSPS) is 22.8. The molecule has 1 heterocycles. The second kappa shape index (κ2) is 5.33. The second-order valence-electron chi connectivity index (χ2n) is 5.50. The van der Waals surface area contributed by atoms with Gasteiger partial charge in [0.15, 0.2) is 9.84 Å². The molecule has 1 N–H and O–H groups in total. The van der Waals surface area contributed by atoms with Gasteiger partial charge in [-0.05, 0) is 38.0 Å². The lowest BCUT2D eigenvalue weighted by atomic mass is 10.0. The average Bonchev–Trinajstić information content (AvgIpc) is 2.71. The van der Waals surface area contributed by atoms with Crippen molar-refractivity contribution in [3.63, 3.8) is 0 Å². The third-order valence-electron chi connectivity index (χ3n) is 3.89. The summed E-state index contributed by atoms with van der Waals surface area (Å²) in [7, 11) is -1.18. The van der Waals surface area contributed by atoms with Gasteiger partial charge in [0, 0.05) is 24.3 Å². The van der Waals surface area contributed by atoms with Gasteiger partial charge >= 0.3 is 0 Å². The summed E-state index contributed by atoms with van der Waals surface area (Å²) >= 11 is 0. The SMILES string of the molecule is Cc1cc(N(C)C2CCS(=O)(=O)C2)c(C(C)O)cc1F. The lowest BCUT2D eigenvalue weighted by Crippen LogP contribution is -2.33. The van der Waals surface area contributed by atoms with Crippen molar-refractivity contribution in [1.82, 2.24) is 0 Å². The molecule has 0 radical (unpaired) electrons. The van der Waals surface area contributed by atoms with Gasteiger partial charge in [0.25, 0.3) is 0 Å². The molecule has 6 heteroatoms. The Bertz CT molecular complexity index is 613. The van der Waals surface area contributed by atoms with Crippen LogP contribution in [0.4, 0.5) is 10.1 Å². The van der Waals surface area contributed by atoms with E-state index < -0.39 is 15.9 Å². The fourth-order valence-electron chi connectivity index (χ4n) is 2.60. The van der Waals surface area contributed by atoms with E-state index in [-0.39, 0.29) is 23.4 Å². The van der Waals surface area contributed by atoms with Gasteiger partial charge in [0.05, 0.1) is 17.6 Å². The molecule has 0 amide bonds. The fraction of sp³-hybridized carbons (Fsp3) is 0.571. The Hall–Kier alpha value is -1.14. The summed E-state index contributed by atoms with van der Waals surface area (Å²) in [6.07, 6.45) is -0.241. The van der Waals surface area contributed by atoms with Crippen LogP contribution in [0.15, 0.2) is 12.1 Å². The number of aliphatic hydroxyl groups is 1. The number of benzene rings is 1. The minimum absolute atomic E-state index is 0.110. The Kier molecular flexibility index (Phi) is 4.07. The van der Waals surface area contributed by atoms with Crippen molar-refractivity contribution >= 4 is 15.5 Å². The molecule has 0 saturated carbocycles. The third-order valence-corrected chi connectivity index (χ3v) is 5.64. The van der Waals surface area contributed by atoms with E-state index in [2.05, 4.69) is 0 Å². The van der Waals surface area contributed by atoms with E-state index in [9.17, 15) is 17.9 Å². The highest BCUT2D eigenvalue weighted by Crippen LogP contribution is 2.31. The predicted molar refractivity (Wildman–Crippen MR) is 77.2 cm³/mol. The van der Waals surface area contributed by atoms with Crippen molar-refractivity contribution in [3.05, 3.63) is 29.1 Å². The second-order valence-corrected chi connectivity index (χ2v) is 7.73. The van der Waals surface area contributed by atoms with Crippen LogP contribution >= 0.6 is 0 Å². The van der Waals surface area contributed by atoms with Crippen LogP contribution in [-0.2, 0) is 9.84 Å². The lowest BCUT2D eigenvalue weighted by molar-refractivity contribution is 0.199. The van der Waals surface area contributed by atoms with Crippen LogP contribution in [0.3, 0.4) is 0 Å². The van der Waals surface area contributed by atoms with Crippen molar-refractivity contribution in [3.8, 4) is 0 Å². The van der Waals surface area contributed by atoms with Gasteiger partial charge in [-0.3, -0.25) is 0 Å². The third kappa shape index (κ3) is 2.96. The predicted octanol–water partition coefficient (Wildman–Crippen LogP) is 1.81. The van der Waals surface area contributed by atoms with E-state index in [0.717, 1.165) is 0 Å². The van der Waals surface area contributed by atoms with Crippen molar-refractivity contribution in [2.75, 3.05) is 23.5 Å². The zero-order valence-corrected chi connectivity index (χ0v) is 12.7. The average molecular weight is 301 g/mol. The van der Waals surface area contributed by atoms with Gasteiger partial charge < -0.3 is 10.0 Å². The number of anilines is 1. The zero-order valence-electron chi connectivity index (χ0n) is 11.9. The quantitative estimate of drug-likeness (QED) is 0.925. The number of aryl methyl sites for hydroxylation is 1. The van der Waals surface area contributed by atoms with Crippen LogP contribution in [-0.4, -0.2) is 38.1 Å². The number of hydrogen-bond donors (Lipinski definition) is 1. The molecular weight excluding hydrogens is 281 g/mol. The van der Waals surface area contributed by atoms with Crippen molar-refractivity contribution in [1.29, 1.82) is 0 Å². The maximum Gasteiger partial charge on any atom is 0.152 e. The van der Waals surface area contributed by atoms with E-state index in [1.54, 1.807) is 27.0 Å². The van der Waals surface area contributed by atoms with Gasteiger partial charge in [-0.15, -0.1) is 0 Å². The molecule has 1 saturated heterocycles. The first-order valence-corrected chi connectivity index (χ1v) is 8.45. The number of hydrogen-bond acceptors (Lipinski definition) is 4. The highest BCUT2D eigenvalue weighted by Gasteiger charge is 2.32. The molecule has 4 nitrogen and oxygen atoms in total. The minimum Gasteiger partial charge on any atom is -0.389 e. The smallest absolute Gasteiger partial charge is 0.152 e. The molecule has 1 aliphatic heterocycles. The van der Waals surface area contributed by atoms with Crippen LogP contribution < -0.4 is 4.90 Å². The number of aliphatic hydroxyl groups excluding tert-OH is 1. The summed E-state index contributed by atoms with van der Waals surface area (Å²) in [6, 6.07) is 2.87. The number of nitrogens with zero attached hydrogens (tertiary/aromatic N) is 1. The number of sulfone groups is 1. The molecule has 2 unspecified atom stereocenters. The molecule has 0 aliphatic carbocycles. The maximum atomic E-state index is 13.7. The molecular formula is C14H20FNO3S. The molecule has 2 rings (SSSR count). The van der Waals surface area contributed by atoms with Gasteiger partial charge in [0.1, 0.15) is 5.82 Å². The largest absolute Gasteiger partial charge is 0.389 e. The maximum absolute atomic E-state index is 13.7. The summed E-state index contributed by atoms with van der Waals surface area (Å²) < 4.78 is 36.8. The molecule has 20 heavy (non-hydrogen) atoms. The summed E-state index contributed by atoms with van der Waals surface area (Å²) in [5, 5.41) is 9.80. The lowest BCUT2D eigenvalue weighted by Gasteiger charge is -2.29.